The number of aromatic amines is 1. The zero-order valence-electron chi connectivity index (χ0n) is 18.4. The van der Waals surface area contributed by atoms with E-state index in [0.29, 0.717) is 6.04 Å². The van der Waals surface area contributed by atoms with Crippen LogP contribution >= 0.6 is 0 Å². The van der Waals surface area contributed by atoms with Gasteiger partial charge in [-0.3, -0.25) is 4.90 Å². The van der Waals surface area contributed by atoms with Crippen molar-refractivity contribution in [2.24, 2.45) is 0 Å². The summed E-state index contributed by atoms with van der Waals surface area (Å²) in [4.78, 5) is 10.2. The van der Waals surface area contributed by atoms with Gasteiger partial charge in [-0.25, -0.2) is 4.98 Å². The summed E-state index contributed by atoms with van der Waals surface area (Å²) >= 11 is 0. The van der Waals surface area contributed by atoms with Crippen LogP contribution in [0.2, 0.25) is 0 Å². The Morgan fingerprint density at radius 2 is 1.87 bits per heavy atom. The van der Waals surface area contributed by atoms with Crippen LogP contribution < -0.4 is 10.5 Å². The number of piperidine rings is 1. The van der Waals surface area contributed by atoms with Gasteiger partial charge in [0.15, 0.2) is 0 Å². The highest BCUT2D eigenvalue weighted by Crippen LogP contribution is 2.40. The molecule has 2 aliphatic heterocycles. The van der Waals surface area contributed by atoms with Crippen molar-refractivity contribution >= 4 is 16.7 Å². The first-order chi connectivity index (χ1) is 15.3. The van der Waals surface area contributed by atoms with Crippen molar-refractivity contribution in [2.45, 2.75) is 50.5 Å². The van der Waals surface area contributed by atoms with Crippen molar-refractivity contribution in [1.29, 1.82) is 0 Å². The predicted octanol–water partition coefficient (Wildman–Crippen LogP) is 4.11. The molecule has 6 nitrogen and oxygen atoms in total. The van der Waals surface area contributed by atoms with E-state index in [0.717, 1.165) is 48.5 Å². The van der Waals surface area contributed by atoms with Crippen molar-refractivity contribution in [3.63, 3.8) is 0 Å². The molecule has 0 amide bonds. The molecule has 166 valence electrons. The number of nitrogens with one attached hydrogen (secondary N) is 1. The number of nitrogens with zero attached hydrogens (tertiary/aromatic N) is 2. The van der Waals surface area contributed by atoms with Crippen LogP contribution in [0.25, 0.3) is 11.0 Å². The van der Waals surface area contributed by atoms with Gasteiger partial charge in [0.1, 0.15) is 18.0 Å². The van der Waals surface area contributed by atoms with Gasteiger partial charge in [-0.2, -0.15) is 0 Å². The van der Waals surface area contributed by atoms with Crippen LogP contribution in [-0.2, 0) is 6.42 Å². The van der Waals surface area contributed by atoms with Crippen LogP contribution in [0, 0.1) is 0 Å². The minimum absolute atomic E-state index is 0.607. The number of pyridine rings is 1. The van der Waals surface area contributed by atoms with Gasteiger partial charge < -0.3 is 20.6 Å². The van der Waals surface area contributed by atoms with Gasteiger partial charge in [0, 0.05) is 36.1 Å². The molecule has 6 rings (SSSR count). The number of fused-ring (bicyclic) bond motifs is 2. The maximum atomic E-state index is 7.00. The number of ether oxygens (including phenoxy) is 1. The van der Waals surface area contributed by atoms with Crippen LogP contribution in [0.1, 0.15) is 49.3 Å². The molecule has 4 N–H and O–H groups in total. The lowest BCUT2D eigenvalue weighted by Crippen LogP contribution is -2.45. The van der Waals surface area contributed by atoms with Crippen LogP contribution in [0.15, 0.2) is 42.6 Å². The Labute approximate surface area is 184 Å². The molecule has 3 aliphatic rings. The number of H-pyrrole nitrogens is 1. The van der Waals surface area contributed by atoms with Crippen molar-refractivity contribution in [3.8, 4) is 5.75 Å². The summed E-state index contributed by atoms with van der Waals surface area (Å²) in [6.07, 6.45) is 9.62. The topological polar surface area (TPSA) is 87.4 Å². The lowest BCUT2D eigenvalue weighted by Gasteiger charge is -2.37. The first kappa shape index (κ1) is 21.7. The highest BCUT2D eigenvalue weighted by molar-refractivity contribution is 5.88. The first-order valence-electron chi connectivity index (χ1n) is 11.4. The van der Waals surface area contributed by atoms with Gasteiger partial charge in [0.05, 0.1) is 0 Å². The average Bonchev–Trinajstić information content (AvgIpc) is 3.60. The number of aliphatic hydroxyl groups is 1. The van der Waals surface area contributed by atoms with Crippen molar-refractivity contribution < 1.29 is 9.84 Å². The Bertz CT molecular complexity index is 977. The molecule has 0 bridgehead atoms. The van der Waals surface area contributed by atoms with Crippen molar-refractivity contribution in [3.05, 3.63) is 53.9 Å². The molecule has 3 aromatic rings. The van der Waals surface area contributed by atoms with Gasteiger partial charge in [0.2, 0.25) is 0 Å². The van der Waals surface area contributed by atoms with E-state index in [-0.39, 0.29) is 0 Å². The van der Waals surface area contributed by atoms with Crippen LogP contribution in [0.5, 0.6) is 5.75 Å². The molecule has 1 aromatic carbocycles. The molecule has 1 saturated heterocycles. The summed E-state index contributed by atoms with van der Waals surface area (Å²) < 4.78 is 5.85. The molecule has 2 aromatic heterocycles. The Hall–Kier alpha value is -2.57. The van der Waals surface area contributed by atoms with Crippen molar-refractivity contribution in [2.75, 3.05) is 32.5 Å². The van der Waals surface area contributed by atoms with Crippen LogP contribution in [0.3, 0.4) is 0 Å². The highest BCUT2D eigenvalue weighted by atomic mass is 16.5. The molecule has 1 aliphatic carbocycles. The second-order valence-corrected chi connectivity index (χ2v) is 8.53. The lowest BCUT2D eigenvalue weighted by molar-refractivity contribution is 0.101. The fourth-order valence-electron chi connectivity index (χ4n) is 4.51. The van der Waals surface area contributed by atoms with Crippen LogP contribution in [0.4, 0.5) is 5.69 Å². The molecule has 1 unspecified atom stereocenters. The average molecular weight is 423 g/mol. The molecule has 0 radical (unpaired) electrons. The van der Waals surface area contributed by atoms with E-state index < -0.39 is 0 Å². The summed E-state index contributed by atoms with van der Waals surface area (Å²) in [5, 5.41) is 8.06. The standard InChI is InChI=1S/C14H19NO.C10H11N3.CH4O/c1-4-8-15(9-5-1)13-10-12-6-2-3-7-14(12)16-11-13;11-8-3-4-12-10-7(8)5-9(13-10)6-1-2-6;1-2/h2-3,6-7,13H,1,4-5,8-11H2;3-6H,1-2H2,(H3,11,12,13);2H,1H3. The number of nitrogen functional groups attached to an aromatic ring is 1. The first-order valence-corrected chi connectivity index (χ1v) is 11.4. The SMILES string of the molecule is CO.Nc1ccnc2[nH]c(C3CC3)cc12.c1ccc2c(c1)CC(N1CCCCC1)CO2. The number of aromatic nitrogens is 2. The molecule has 0 spiro atoms. The summed E-state index contributed by atoms with van der Waals surface area (Å²) in [6, 6.07) is 13.0. The third-order valence-corrected chi connectivity index (χ3v) is 6.37. The summed E-state index contributed by atoms with van der Waals surface area (Å²) in [7, 11) is 1.00. The number of likely N-dealkylation sites (tertiary alicyclic amines) is 1. The molecular weight excluding hydrogens is 388 g/mol. The maximum Gasteiger partial charge on any atom is 0.139 e. The minimum atomic E-state index is 0.607. The second-order valence-electron chi connectivity index (χ2n) is 8.53. The number of para-hydroxylation sites is 1. The molecule has 1 atom stereocenters. The molecule has 2 fully saturated rings. The summed E-state index contributed by atoms with van der Waals surface area (Å²) in [5.41, 5.74) is 10.2. The van der Waals surface area contributed by atoms with Gasteiger partial charge in [-0.1, -0.05) is 24.6 Å². The lowest BCUT2D eigenvalue weighted by atomic mass is 9.99. The van der Waals surface area contributed by atoms with Crippen molar-refractivity contribution in [1.82, 2.24) is 14.9 Å². The number of hydrogen-bond donors (Lipinski definition) is 3. The third kappa shape index (κ3) is 5.20. The fourth-order valence-corrected chi connectivity index (χ4v) is 4.51. The molecule has 31 heavy (non-hydrogen) atoms. The van der Waals surface area contributed by atoms with E-state index in [4.69, 9.17) is 15.6 Å². The van der Waals surface area contributed by atoms with Gasteiger partial charge in [-0.15, -0.1) is 0 Å². The molecule has 4 heterocycles. The Morgan fingerprint density at radius 1 is 1.10 bits per heavy atom. The molecule has 6 heteroatoms. The number of hydrogen-bond acceptors (Lipinski definition) is 5. The highest BCUT2D eigenvalue weighted by Gasteiger charge is 2.26. The molecular formula is C25H34N4O2. The number of anilines is 1. The van der Waals surface area contributed by atoms with E-state index in [1.807, 2.05) is 6.07 Å². The van der Waals surface area contributed by atoms with Gasteiger partial charge >= 0.3 is 0 Å². The number of aliphatic hydroxyl groups excluding tert-OH is 1. The Balaban J connectivity index is 0.000000141. The van der Waals surface area contributed by atoms with E-state index in [2.05, 4.69) is 45.2 Å². The smallest absolute Gasteiger partial charge is 0.139 e. The number of benzene rings is 1. The van der Waals surface area contributed by atoms with Gasteiger partial charge in [-0.05, 0) is 74.9 Å². The monoisotopic (exact) mass is 422 g/mol. The predicted molar refractivity (Wildman–Crippen MR) is 125 cm³/mol. The Morgan fingerprint density at radius 3 is 2.61 bits per heavy atom. The van der Waals surface area contributed by atoms with Crippen LogP contribution in [-0.4, -0.2) is 52.8 Å². The Kier molecular flexibility index (Phi) is 7.10. The normalized spacial score (nSPS) is 20.5. The maximum absolute atomic E-state index is 7.00. The number of rotatable bonds is 2. The van der Waals surface area contributed by atoms with E-state index in [1.54, 1.807) is 6.20 Å². The third-order valence-electron chi connectivity index (χ3n) is 6.37. The van der Waals surface area contributed by atoms with E-state index >= 15 is 0 Å². The van der Waals surface area contributed by atoms with E-state index in [9.17, 15) is 0 Å². The summed E-state index contributed by atoms with van der Waals surface area (Å²) in [6.45, 7) is 3.39. The van der Waals surface area contributed by atoms with Gasteiger partial charge in [0.25, 0.3) is 0 Å². The quantitative estimate of drug-likeness (QED) is 0.579. The largest absolute Gasteiger partial charge is 0.492 e. The van der Waals surface area contributed by atoms with E-state index in [1.165, 1.54) is 56.5 Å². The fraction of sp³-hybridized carbons (Fsp3) is 0.480. The zero-order chi connectivity index (χ0) is 21.6. The second kappa shape index (κ2) is 10.2. The minimum Gasteiger partial charge on any atom is -0.492 e. The zero-order valence-corrected chi connectivity index (χ0v) is 18.4. The summed E-state index contributed by atoms with van der Waals surface area (Å²) in [5.74, 6) is 1.82. The number of nitrogens with two attached hydrogens (primary N) is 1. The molecule has 1 saturated carbocycles.